The molecule has 12 aromatic rings. The Labute approximate surface area is 719 Å². The van der Waals surface area contributed by atoms with Gasteiger partial charge in [0.05, 0.1) is 104 Å². The third kappa shape index (κ3) is 24.4. The Bertz CT molecular complexity index is 5980. The van der Waals surface area contributed by atoms with E-state index < -0.39 is 114 Å². The van der Waals surface area contributed by atoms with E-state index in [4.69, 9.17) is 76.0 Å². The molecule has 0 unspecified atom stereocenters. The lowest BCUT2D eigenvalue weighted by Gasteiger charge is -2.13. The minimum atomic E-state index is -4.90. The predicted octanol–water partition coefficient (Wildman–Crippen LogP) is 22.0. The molecule has 4 aromatic heterocycles. The summed E-state index contributed by atoms with van der Waals surface area (Å²) in [5.41, 5.74) is 1.53. The van der Waals surface area contributed by atoms with Crippen molar-refractivity contribution in [3.05, 3.63) is 270 Å². The first kappa shape index (κ1) is 94.9. The monoisotopic (exact) mass is 1890 g/mol. The number of carboxylic acid groups (broad SMARTS) is 2. The lowest BCUT2D eigenvalue weighted by Crippen LogP contribution is -2.25. The van der Waals surface area contributed by atoms with Crippen LogP contribution in [0.5, 0.6) is 11.5 Å². The Kier molecular flexibility index (Phi) is 30.0. The molecule has 2 amide bonds. The molecule has 0 atom stereocenters. The number of methoxy groups -OCH3 is 2. The highest BCUT2D eigenvalue weighted by molar-refractivity contribution is 8.26. The average Bonchev–Trinajstić information content (AvgIpc) is 1.58. The Hall–Kier alpha value is -11.3. The Balaban J connectivity index is 0.000000168. The number of aromatic nitrogens is 8. The van der Waals surface area contributed by atoms with Crippen molar-refractivity contribution in [2.75, 3.05) is 14.2 Å². The van der Waals surface area contributed by atoms with Crippen molar-refractivity contribution >= 4 is 101 Å². The SMILES string of the molecule is COc1cc(C(F)(F)F)cc(F)c1-n1cc(-c2ccc(Cl)c(C(=O)NC3CC3)c2)cn1.COc1cc(C(F)(F)F)cc(F)c1-n1cc(-c2ccc(Cl)c(C(=O)O)c2)cn1.NC1CC1.O=C(NC1CC1)c1cc(-c2cnn(-c3c(F)cc(C(F)(F)F)cc3F)c2)ccc1Cl.O=C(O)c1cc(-c2cnn(-c3c(F)cc(C(F)(F)F)cc3F)c2)ccc1Cl.O=S(Cl)Cl. The normalized spacial score (nSPS) is 13.1. The van der Waals surface area contributed by atoms with Crippen LogP contribution in [-0.2, 0) is 33.9 Å². The maximum atomic E-state index is 14.6. The van der Waals surface area contributed by atoms with Crippen LogP contribution < -0.4 is 25.8 Å². The second-order valence-electron chi connectivity index (χ2n) is 26.7. The van der Waals surface area contributed by atoms with E-state index in [-0.39, 0.29) is 119 Å². The molecule has 6 N–H and O–H groups in total. The average molecular weight is 1890 g/mol. The van der Waals surface area contributed by atoms with Gasteiger partial charge >= 0.3 is 36.6 Å². The van der Waals surface area contributed by atoms with Gasteiger partial charge in [0.25, 0.3) is 11.8 Å². The quantitative estimate of drug-likeness (QED) is 0.0445. The van der Waals surface area contributed by atoms with Gasteiger partial charge in [0.2, 0.25) is 9.23 Å². The van der Waals surface area contributed by atoms with Crippen molar-refractivity contribution in [1.29, 1.82) is 0 Å². The maximum absolute atomic E-state index is 14.6. The molecular weight excluding hydrogens is 1830 g/mol. The number of aromatic carboxylic acids is 2. The summed E-state index contributed by atoms with van der Waals surface area (Å²) in [5, 5.41) is 40.1. The van der Waals surface area contributed by atoms with Crippen LogP contribution >= 0.6 is 67.8 Å². The molecule has 0 saturated heterocycles. The van der Waals surface area contributed by atoms with Crippen LogP contribution in [0, 0.1) is 34.9 Å². The van der Waals surface area contributed by atoms with Crippen molar-refractivity contribution in [3.8, 4) is 78.8 Å². The molecule has 15 rings (SSSR count). The molecule has 3 fully saturated rings. The number of nitrogens with two attached hydrogens (primary N) is 1. The van der Waals surface area contributed by atoms with E-state index in [2.05, 4.69) is 52.4 Å². The second kappa shape index (κ2) is 39.3. The van der Waals surface area contributed by atoms with Crippen molar-refractivity contribution in [1.82, 2.24) is 49.8 Å². The van der Waals surface area contributed by atoms with Gasteiger partial charge in [-0.2, -0.15) is 73.1 Å². The van der Waals surface area contributed by atoms with Gasteiger partial charge in [0.1, 0.15) is 34.2 Å². The lowest BCUT2D eigenvalue weighted by atomic mass is 10.1. The van der Waals surface area contributed by atoms with Crippen LogP contribution in [0.3, 0.4) is 0 Å². The Morgan fingerprint density at radius 3 is 0.823 bits per heavy atom. The molecule has 4 heterocycles. The summed E-state index contributed by atoms with van der Waals surface area (Å²) in [6.07, 6.45) is -2.69. The first-order valence-corrected chi connectivity index (χ1v) is 39.4. The number of ether oxygens (including phenoxy) is 2. The predicted molar refractivity (Wildman–Crippen MR) is 421 cm³/mol. The number of carbonyl (C=O) groups excluding carboxylic acids is 2. The fraction of sp³-hybridized carbons (Fsp3) is 0.190. The van der Waals surface area contributed by atoms with Crippen molar-refractivity contribution in [2.45, 2.75) is 81.4 Å². The van der Waals surface area contributed by atoms with Crippen LogP contribution in [0.4, 0.5) is 79.0 Å². The van der Waals surface area contributed by atoms with E-state index in [0.717, 1.165) is 64.8 Å². The van der Waals surface area contributed by atoms with E-state index in [1.54, 1.807) is 24.3 Å². The summed E-state index contributed by atoms with van der Waals surface area (Å²) >= 11 is 23.9. The Morgan fingerprint density at radius 2 is 0.605 bits per heavy atom. The molecule has 0 aliphatic heterocycles. The van der Waals surface area contributed by atoms with Gasteiger partial charge in [-0.05, 0) is 158 Å². The molecular formula is C79H55Cl6F18N11O9S. The number of carbonyl (C=O) groups is 4. The topological polar surface area (TPSA) is 266 Å². The number of rotatable bonds is 16. The van der Waals surface area contributed by atoms with Gasteiger partial charge in [-0.25, -0.2) is 58.9 Å². The smallest absolute Gasteiger partial charge is 0.416 e. The van der Waals surface area contributed by atoms with E-state index in [1.165, 1.54) is 105 Å². The first-order valence-electron chi connectivity index (χ1n) is 35.1. The number of halogens is 24. The van der Waals surface area contributed by atoms with Gasteiger partial charge in [0, 0.05) is 86.5 Å². The summed E-state index contributed by atoms with van der Waals surface area (Å²) in [6.45, 7) is 0. The van der Waals surface area contributed by atoms with Gasteiger partial charge in [-0.15, -0.1) is 0 Å². The zero-order valence-corrected chi connectivity index (χ0v) is 67.9. The standard InChI is InChI=1S/C21H16ClF4N3O2.C20H13ClF5N3O.C18H11ClF4N2O3.C17H8ClF5N2O2.C3H7N.Cl2OS/c1-31-18-8-13(21(24,25)26)7-17(23)19(18)29-10-12(9-27-29)11-2-5-16(22)15(6-11)20(30)28-14-3-4-14;21-15-4-1-10(5-14(15)19(30)28-13-2-3-13)11-8-27-29(9-11)18-16(22)6-12(7-17(18)23)20(24,25)26;1-28-15-6-11(18(21,22)23)5-14(20)16(15)25-8-10(7-24-25)9-2-3-13(19)12(4-9)17(26)27;18-12-2-1-8(3-11(12)16(26)27)9-6-24-25(7-9)15-13(19)4-10(5-14(15)20)17(21,22)23;4-3-1-2-3;1-4(2)3/h2,5-10,14H,3-4H2,1H3,(H,28,30);1,4-9,13H,2-3H2,(H,28,30);2-8H,1H3,(H,26,27);1-7H,(H,26,27);3H,1-2,4H2;. The third-order valence-electron chi connectivity index (χ3n) is 17.7. The highest BCUT2D eigenvalue weighted by Gasteiger charge is 2.38. The molecule has 0 radical (unpaired) electrons. The van der Waals surface area contributed by atoms with E-state index in [0.29, 0.717) is 69.3 Å². The molecule has 8 aromatic carbocycles. The van der Waals surface area contributed by atoms with Gasteiger partial charge in [0.15, 0.2) is 34.9 Å². The van der Waals surface area contributed by atoms with Crippen LogP contribution in [0.2, 0.25) is 20.1 Å². The zero-order valence-electron chi connectivity index (χ0n) is 62.5. The molecule has 0 spiro atoms. The molecule has 654 valence electrons. The summed E-state index contributed by atoms with van der Waals surface area (Å²) in [4.78, 5) is 47.1. The minimum Gasteiger partial charge on any atom is -0.494 e. The summed E-state index contributed by atoms with van der Waals surface area (Å²) < 4.78 is 262. The summed E-state index contributed by atoms with van der Waals surface area (Å²) in [7, 11) is 9.62. The number of nitrogens with zero attached hydrogens (tertiary/aromatic N) is 8. The first-order chi connectivity index (χ1) is 58.1. The number of alkyl halides is 12. The maximum Gasteiger partial charge on any atom is 0.416 e. The van der Waals surface area contributed by atoms with Crippen LogP contribution in [0.1, 0.15) is 102 Å². The van der Waals surface area contributed by atoms with Crippen molar-refractivity contribution in [3.63, 3.8) is 0 Å². The molecule has 45 heteroatoms. The number of carboxylic acids is 2. The van der Waals surface area contributed by atoms with E-state index >= 15 is 0 Å². The molecule has 124 heavy (non-hydrogen) atoms. The number of hydrogen-bond acceptors (Lipinski definition) is 12. The van der Waals surface area contributed by atoms with Crippen LogP contribution in [0.15, 0.2) is 171 Å². The van der Waals surface area contributed by atoms with Crippen molar-refractivity contribution < 1.29 is 122 Å². The van der Waals surface area contributed by atoms with Crippen molar-refractivity contribution in [2.24, 2.45) is 5.73 Å². The third-order valence-corrected chi connectivity index (χ3v) is 19.0. The van der Waals surface area contributed by atoms with E-state index in [9.17, 15) is 98.2 Å². The Morgan fingerprint density at radius 1 is 0.387 bits per heavy atom. The number of benzene rings is 8. The largest absolute Gasteiger partial charge is 0.494 e. The van der Waals surface area contributed by atoms with Crippen LogP contribution in [0.25, 0.3) is 67.3 Å². The highest BCUT2D eigenvalue weighted by Crippen LogP contribution is 2.42. The van der Waals surface area contributed by atoms with Gasteiger partial charge < -0.3 is 36.1 Å². The molecule has 3 saturated carbocycles. The fourth-order valence-electron chi connectivity index (χ4n) is 11.1. The fourth-order valence-corrected chi connectivity index (χ4v) is 11.9. The van der Waals surface area contributed by atoms with E-state index in [1.807, 2.05) is 0 Å². The summed E-state index contributed by atoms with van der Waals surface area (Å²) in [6, 6.07) is 21.5. The molecule has 20 nitrogen and oxygen atoms in total. The number of amides is 2. The molecule has 0 bridgehead atoms. The molecule has 3 aliphatic rings. The zero-order chi connectivity index (χ0) is 91.1. The minimum absolute atomic E-state index is 0.00142. The molecule has 3 aliphatic carbocycles. The lowest BCUT2D eigenvalue weighted by molar-refractivity contribution is -0.138. The second-order valence-corrected chi connectivity index (χ2v) is 30.8. The number of hydrogen-bond donors (Lipinski definition) is 5. The number of nitrogens with one attached hydrogen (secondary N) is 2. The van der Waals surface area contributed by atoms with Crippen LogP contribution in [-0.4, -0.2) is 110 Å². The van der Waals surface area contributed by atoms with Gasteiger partial charge in [-0.3, -0.25) is 9.59 Å². The highest BCUT2D eigenvalue weighted by atomic mass is 36.0. The van der Waals surface area contributed by atoms with Gasteiger partial charge in [-0.1, -0.05) is 70.7 Å². The summed E-state index contributed by atoms with van der Waals surface area (Å²) in [5.74, 6) is -11.8.